The van der Waals surface area contributed by atoms with E-state index in [-0.39, 0.29) is 0 Å². The standard InChI is InChI=1S/C8H5Cl2F3N2O4S/c9-3-1-2-4(15(16)17)5(10)6(3)20(18,19)14-8(13)7(11)12/h1-2,7-8,14H. The van der Waals surface area contributed by atoms with E-state index in [4.69, 9.17) is 23.2 Å². The van der Waals surface area contributed by atoms with Gasteiger partial charge in [0, 0.05) is 6.07 Å². The lowest BCUT2D eigenvalue weighted by molar-refractivity contribution is -0.384. The molecule has 0 spiro atoms. The Labute approximate surface area is 120 Å². The number of nitro benzene ring substituents is 1. The number of halogens is 5. The molecule has 1 rings (SSSR count). The van der Waals surface area contributed by atoms with Gasteiger partial charge in [-0.25, -0.2) is 21.6 Å². The van der Waals surface area contributed by atoms with Crippen LogP contribution in [0, 0.1) is 10.1 Å². The fourth-order valence-corrected chi connectivity index (χ4v) is 3.40. The Morgan fingerprint density at radius 2 is 1.80 bits per heavy atom. The van der Waals surface area contributed by atoms with Gasteiger partial charge in [-0.2, -0.15) is 4.72 Å². The van der Waals surface area contributed by atoms with Crippen molar-refractivity contribution in [2.24, 2.45) is 0 Å². The van der Waals surface area contributed by atoms with Gasteiger partial charge in [0.15, 0.2) is 0 Å². The highest BCUT2D eigenvalue weighted by molar-refractivity contribution is 7.89. The number of nitrogens with one attached hydrogen (secondary N) is 1. The molecule has 12 heteroatoms. The summed E-state index contributed by atoms with van der Waals surface area (Å²) in [7, 11) is -4.90. The number of rotatable bonds is 5. The maximum absolute atomic E-state index is 12.8. The van der Waals surface area contributed by atoms with Crippen LogP contribution in [0.1, 0.15) is 0 Å². The highest BCUT2D eigenvalue weighted by Gasteiger charge is 2.32. The van der Waals surface area contributed by atoms with Crippen LogP contribution >= 0.6 is 23.2 Å². The van der Waals surface area contributed by atoms with E-state index in [1.807, 2.05) is 0 Å². The number of nitrogens with zero attached hydrogens (tertiary/aromatic N) is 1. The minimum atomic E-state index is -4.90. The normalized spacial score (nSPS) is 13.5. The fraction of sp³-hybridized carbons (Fsp3) is 0.250. The second-order valence-corrected chi connectivity index (χ2v) is 5.76. The van der Waals surface area contributed by atoms with E-state index in [0.29, 0.717) is 0 Å². The van der Waals surface area contributed by atoms with E-state index in [0.717, 1.165) is 16.9 Å². The molecule has 0 fully saturated rings. The maximum atomic E-state index is 12.8. The van der Waals surface area contributed by atoms with Crippen molar-refractivity contribution >= 4 is 38.9 Å². The van der Waals surface area contributed by atoms with Crippen LogP contribution < -0.4 is 4.72 Å². The van der Waals surface area contributed by atoms with Crippen molar-refractivity contribution in [3.63, 3.8) is 0 Å². The molecule has 112 valence electrons. The molecule has 0 aliphatic carbocycles. The summed E-state index contributed by atoms with van der Waals surface area (Å²) in [6.07, 6.45) is -6.83. The summed E-state index contributed by atoms with van der Waals surface area (Å²) in [6, 6.07) is 1.65. The Bertz CT molecular complexity index is 641. The van der Waals surface area contributed by atoms with Crippen molar-refractivity contribution in [2.45, 2.75) is 17.6 Å². The van der Waals surface area contributed by atoms with E-state index < -0.39 is 48.3 Å². The van der Waals surface area contributed by atoms with Gasteiger partial charge in [-0.05, 0) is 6.07 Å². The molecule has 1 atom stereocenters. The number of sulfonamides is 1. The van der Waals surface area contributed by atoms with Gasteiger partial charge in [-0.3, -0.25) is 10.1 Å². The topological polar surface area (TPSA) is 89.3 Å². The third-order valence-corrected chi connectivity index (χ3v) is 4.40. The van der Waals surface area contributed by atoms with Crippen LogP contribution in [-0.2, 0) is 10.0 Å². The molecule has 6 nitrogen and oxygen atoms in total. The van der Waals surface area contributed by atoms with Gasteiger partial charge in [0.05, 0.1) is 9.95 Å². The van der Waals surface area contributed by atoms with E-state index in [1.165, 1.54) is 0 Å². The lowest BCUT2D eigenvalue weighted by atomic mass is 10.3. The lowest BCUT2D eigenvalue weighted by Gasteiger charge is -2.12. The number of alkyl halides is 3. The van der Waals surface area contributed by atoms with E-state index in [9.17, 15) is 31.7 Å². The van der Waals surface area contributed by atoms with Crippen LogP contribution in [0.15, 0.2) is 17.0 Å². The first-order valence-corrected chi connectivity index (χ1v) is 6.88. The molecule has 1 aromatic carbocycles. The number of benzene rings is 1. The van der Waals surface area contributed by atoms with E-state index in [2.05, 4.69) is 0 Å². The molecule has 1 aromatic rings. The van der Waals surface area contributed by atoms with Crippen molar-refractivity contribution in [1.29, 1.82) is 0 Å². The number of hydrogen-bond donors (Lipinski definition) is 1. The molecule has 0 bridgehead atoms. The average Bonchev–Trinajstić information content (AvgIpc) is 2.26. The third-order valence-electron chi connectivity index (χ3n) is 1.98. The molecule has 0 saturated heterocycles. The molecule has 0 heterocycles. The molecule has 0 aliphatic heterocycles. The minimum Gasteiger partial charge on any atom is -0.258 e. The summed E-state index contributed by atoms with van der Waals surface area (Å²) in [5, 5.41) is 9.13. The third kappa shape index (κ3) is 3.51. The van der Waals surface area contributed by atoms with Gasteiger partial charge in [-0.1, -0.05) is 23.2 Å². The van der Waals surface area contributed by atoms with Gasteiger partial charge in [0.2, 0.25) is 16.3 Å². The monoisotopic (exact) mass is 352 g/mol. The molecular weight excluding hydrogens is 348 g/mol. The van der Waals surface area contributed by atoms with Crippen LogP contribution in [-0.4, -0.2) is 26.1 Å². The molecule has 0 aliphatic rings. The molecular formula is C8H5Cl2F3N2O4S. The predicted molar refractivity (Wildman–Crippen MR) is 64.3 cm³/mol. The van der Waals surface area contributed by atoms with Crippen molar-refractivity contribution in [3.8, 4) is 0 Å². The Hall–Kier alpha value is -1.10. The molecule has 1 N–H and O–H groups in total. The zero-order valence-electron chi connectivity index (χ0n) is 9.19. The zero-order valence-corrected chi connectivity index (χ0v) is 11.5. The smallest absolute Gasteiger partial charge is 0.258 e. The fourth-order valence-electron chi connectivity index (χ4n) is 1.17. The molecule has 1 unspecified atom stereocenters. The number of nitro groups is 1. The summed E-state index contributed by atoms with van der Waals surface area (Å²) in [5.74, 6) is 0. The van der Waals surface area contributed by atoms with Crippen LogP contribution in [0.2, 0.25) is 10.0 Å². The summed E-state index contributed by atoms with van der Waals surface area (Å²) in [6.45, 7) is 0. The van der Waals surface area contributed by atoms with Crippen LogP contribution in [0.25, 0.3) is 0 Å². The second-order valence-electron chi connectivity index (χ2n) is 3.32. The molecule has 0 saturated carbocycles. The van der Waals surface area contributed by atoms with Crippen molar-refractivity contribution in [3.05, 3.63) is 32.3 Å². The molecule has 20 heavy (non-hydrogen) atoms. The van der Waals surface area contributed by atoms with Crippen molar-refractivity contribution in [2.75, 3.05) is 0 Å². The van der Waals surface area contributed by atoms with Crippen LogP contribution in [0.5, 0.6) is 0 Å². The highest BCUT2D eigenvalue weighted by Crippen LogP contribution is 2.36. The summed E-state index contributed by atoms with van der Waals surface area (Å²) in [5.41, 5.74) is -0.816. The van der Waals surface area contributed by atoms with Gasteiger partial charge in [0.25, 0.3) is 12.1 Å². The van der Waals surface area contributed by atoms with Crippen molar-refractivity contribution < 1.29 is 26.5 Å². The zero-order chi connectivity index (χ0) is 15.7. The van der Waals surface area contributed by atoms with Gasteiger partial charge in [-0.15, -0.1) is 0 Å². The SMILES string of the molecule is O=[N+]([O-])c1ccc(Cl)c(S(=O)(=O)NC(F)C(F)F)c1Cl. The quantitative estimate of drug-likeness (QED) is 0.501. The lowest BCUT2D eigenvalue weighted by Crippen LogP contribution is -2.36. The van der Waals surface area contributed by atoms with Crippen LogP contribution in [0.4, 0.5) is 18.9 Å². The first kappa shape index (κ1) is 17.0. The Balaban J connectivity index is 3.38. The minimum absolute atomic E-state index is 0.574. The first-order valence-electron chi connectivity index (χ1n) is 4.65. The highest BCUT2D eigenvalue weighted by atomic mass is 35.5. The Morgan fingerprint density at radius 3 is 2.25 bits per heavy atom. The molecule has 0 aromatic heterocycles. The predicted octanol–water partition coefficient (Wildman–Crippen LogP) is 2.74. The van der Waals surface area contributed by atoms with Crippen molar-refractivity contribution in [1.82, 2.24) is 4.72 Å². The van der Waals surface area contributed by atoms with Gasteiger partial charge < -0.3 is 0 Å². The maximum Gasteiger partial charge on any atom is 0.289 e. The first-order chi connectivity index (χ1) is 9.08. The largest absolute Gasteiger partial charge is 0.289 e. The molecule has 0 amide bonds. The Kier molecular flexibility index (Phi) is 5.19. The summed E-state index contributed by atoms with van der Waals surface area (Å²) in [4.78, 5) is 8.57. The van der Waals surface area contributed by atoms with Gasteiger partial charge >= 0.3 is 0 Å². The Morgan fingerprint density at radius 1 is 1.25 bits per heavy atom. The molecule has 0 radical (unpaired) electrons. The van der Waals surface area contributed by atoms with E-state index >= 15 is 0 Å². The summed E-state index contributed by atoms with van der Waals surface area (Å²) < 4.78 is 61.1. The van der Waals surface area contributed by atoms with Crippen LogP contribution in [0.3, 0.4) is 0 Å². The second kappa shape index (κ2) is 6.12. The average molecular weight is 353 g/mol. The van der Waals surface area contributed by atoms with E-state index in [1.54, 1.807) is 0 Å². The summed E-state index contributed by atoms with van der Waals surface area (Å²) >= 11 is 11.0. The number of hydrogen-bond acceptors (Lipinski definition) is 4. The van der Waals surface area contributed by atoms with Gasteiger partial charge in [0.1, 0.15) is 9.92 Å².